The highest BCUT2D eigenvalue weighted by Crippen LogP contribution is 2.37. The highest BCUT2D eigenvalue weighted by atomic mass is 16.7. The Kier molecular flexibility index (Phi) is 6.00. The van der Waals surface area contributed by atoms with Crippen molar-refractivity contribution in [1.82, 2.24) is 9.78 Å². The first-order valence-electron chi connectivity index (χ1n) is 11.3. The van der Waals surface area contributed by atoms with Crippen LogP contribution in [-0.4, -0.2) is 34.0 Å². The predicted octanol–water partition coefficient (Wildman–Crippen LogP) is 3.62. The van der Waals surface area contributed by atoms with Gasteiger partial charge in [-0.1, -0.05) is 30.3 Å². The largest absolute Gasteiger partial charge is 0.495 e. The van der Waals surface area contributed by atoms with Gasteiger partial charge in [0, 0.05) is 18.9 Å². The van der Waals surface area contributed by atoms with Crippen molar-refractivity contribution < 1.29 is 14.1 Å². The number of anilines is 1. The molecule has 0 radical (unpaired) electrons. The normalized spacial score (nSPS) is 16.5. The first-order valence-corrected chi connectivity index (χ1v) is 11.3. The summed E-state index contributed by atoms with van der Waals surface area (Å²) in [5.41, 5.74) is 4.32. The molecule has 7 nitrogen and oxygen atoms in total. The SMILES string of the molecule is Cc1c(NC(=O)c2ccnn(C)c2=O)cccc1-c1cccc(B2OC(C)(C)C(C)(C)O2)c1C. The molecule has 1 aliphatic rings. The van der Waals surface area contributed by atoms with E-state index in [-0.39, 0.29) is 5.56 Å². The molecule has 1 saturated heterocycles. The molecule has 0 spiro atoms. The van der Waals surface area contributed by atoms with Crippen molar-refractivity contribution in [3.8, 4) is 11.1 Å². The van der Waals surface area contributed by atoms with Crippen molar-refractivity contribution in [2.75, 3.05) is 5.32 Å². The summed E-state index contributed by atoms with van der Waals surface area (Å²) in [5.74, 6) is -0.467. The van der Waals surface area contributed by atoms with Crippen LogP contribution in [0.5, 0.6) is 0 Å². The summed E-state index contributed by atoms with van der Waals surface area (Å²) in [6.07, 6.45) is 1.43. The molecule has 1 aromatic heterocycles. The summed E-state index contributed by atoms with van der Waals surface area (Å²) >= 11 is 0. The fraction of sp³-hybridized carbons (Fsp3) is 0.346. The van der Waals surface area contributed by atoms with Crippen molar-refractivity contribution in [1.29, 1.82) is 0 Å². The molecule has 4 rings (SSSR count). The summed E-state index contributed by atoms with van der Waals surface area (Å²) in [6, 6.07) is 13.2. The molecule has 2 heterocycles. The lowest BCUT2D eigenvalue weighted by Crippen LogP contribution is -2.41. The lowest BCUT2D eigenvalue weighted by atomic mass is 9.74. The van der Waals surface area contributed by atoms with Crippen LogP contribution in [0.25, 0.3) is 11.1 Å². The van der Waals surface area contributed by atoms with E-state index in [4.69, 9.17) is 9.31 Å². The lowest BCUT2D eigenvalue weighted by molar-refractivity contribution is 0.00578. The van der Waals surface area contributed by atoms with Crippen LogP contribution in [0.4, 0.5) is 5.69 Å². The molecule has 176 valence electrons. The van der Waals surface area contributed by atoms with E-state index < -0.39 is 29.8 Å². The zero-order valence-corrected chi connectivity index (χ0v) is 20.7. The second-order valence-corrected chi connectivity index (χ2v) is 9.71. The van der Waals surface area contributed by atoms with Gasteiger partial charge in [0.25, 0.3) is 11.5 Å². The summed E-state index contributed by atoms with van der Waals surface area (Å²) < 4.78 is 13.7. The minimum Gasteiger partial charge on any atom is -0.399 e. The number of nitrogens with one attached hydrogen (secondary N) is 1. The van der Waals surface area contributed by atoms with Crippen molar-refractivity contribution in [3.05, 3.63) is 75.7 Å². The maximum absolute atomic E-state index is 12.8. The lowest BCUT2D eigenvalue weighted by Gasteiger charge is -2.32. The summed E-state index contributed by atoms with van der Waals surface area (Å²) in [4.78, 5) is 25.1. The zero-order valence-electron chi connectivity index (χ0n) is 20.7. The molecule has 0 bridgehead atoms. The quantitative estimate of drug-likeness (QED) is 0.603. The number of rotatable bonds is 4. The van der Waals surface area contributed by atoms with E-state index in [0.29, 0.717) is 5.69 Å². The molecule has 34 heavy (non-hydrogen) atoms. The molecule has 8 heteroatoms. The molecular weight excluding hydrogens is 429 g/mol. The van der Waals surface area contributed by atoms with E-state index in [0.717, 1.165) is 32.4 Å². The third kappa shape index (κ3) is 4.08. The summed E-state index contributed by atoms with van der Waals surface area (Å²) in [6.45, 7) is 12.2. The smallest absolute Gasteiger partial charge is 0.399 e. The topological polar surface area (TPSA) is 82.5 Å². The second kappa shape index (κ2) is 8.53. The van der Waals surface area contributed by atoms with Gasteiger partial charge in [0.15, 0.2) is 0 Å². The molecule has 0 atom stereocenters. The van der Waals surface area contributed by atoms with Gasteiger partial charge in [-0.2, -0.15) is 5.10 Å². The van der Waals surface area contributed by atoms with E-state index in [1.807, 2.05) is 65.0 Å². The van der Waals surface area contributed by atoms with Gasteiger partial charge in [-0.25, -0.2) is 4.68 Å². The van der Waals surface area contributed by atoms with Crippen LogP contribution >= 0.6 is 0 Å². The van der Waals surface area contributed by atoms with Crippen LogP contribution in [0.3, 0.4) is 0 Å². The number of carbonyl (C=O) groups excluding carboxylic acids is 1. The van der Waals surface area contributed by atoms with Gasteiger partial charge in [0.1, 0.15) is 5.56 Å². The van der Waals surface area contributed by atoms with Crippen LogP contribution in [0, 0.1) is 13.8 Å². The molecule has 0 unspecified atom stereocenters. The van der Waals surface area contributed by atoms with Crippen molar-refractivity contribution in [3.63, 3.8) is 0 Å². The first-order chi connectivity index (χ1) is 15.9. The number of aryl methyl sites for hydroxylation is 1. The van der Waals surface area contributed by atoms with E-state index >= 15 is 0 Å². The van der Waals surface area contributed by atoms with Crippen molar-refractivity contribution in [2.24, 2.45) is 7.05 Å². The minimum absolute atomic E-state index is 0.0428. The molecule has 0 saturated carbocycles. The summed E-state index contributed by atoms with van der Waals surface area (Å²) in [5, 5.41) is 6.76. The first kappa shape index (κ1) is 23.9. The van der Waals surface area contributed by atoms with Gasteiger partial charge < -0.3 is 14.6 Å². The third-order valence-electron chi connectivity index (χ3n) is 7.01. The van der Waals surface area contributed by atoms with Crippen LogP contribution in [0.1, 0.15) is 49.2 Å². The standard InChI is InChI=1S/C26H30BN3O4/c1-16-18(10-8-12-21(16)27-33-25(3,4)26(5,6)34-27)19-11-9-13-22(17(19)2)29-23(31)20-14-15-28-30(7)24(20)32/h8-15H,1-7H3,(H,29,31). The van der Waals surface area contributed by atoms with Crippen molar-refractivity contribution in [2.45, 2.75) is 52.7 Å². The highest BCUT2D eigenvalue weighted by molar-refractivity contribution is 6.62. The number of benzene rings is 2. The molecule has 1 N–H and O–H groups in total. The maximum atomic E-state index is 12.8. The van der Waals surface area contributed by atoms with Crippen LogP contribution in [-0.2, 0) is 16.4 Å². The van der Waals surface area contributed by atoms with Gasteiger partial charge in [0.2, 0.25) is 0 Å². The maximum Gasteiger partial charge on any atom is 0.495 e. The Hall–Kier alpha value is -3.23. The number of carbonyl (C=O) groups is 1. The fourth-order valence-electron chi connectivity index (χ4n) is 4.10. The van der Waals surface area contributed by atoms with Crippen LogP contribution in [0.15, 0.2) is 53.5 Å². The van der Waals surface area contributed by atoms with Gasteiger partial charge in [0.05, 0.1) is 11.2 Å². The average Bonchev–Trinajstić information content (AvgIpc) is 2.98. The molecule has 2 aromatic carbocycles. The molecular formula is C26H30BN3O4. The number of aromatic nitrogens is 2. The Labute approximate surface area is 200 Å². The molecule has 1 aliphatic heterocycles. The highest BCUT2D eigenvalue weighted by Gasteiger charge is 2.52. The average molecular weight is 459 g/mol. The molecule has 1 fully saturated rings. The number of hydrogen-bond acceptors (Lipinski definition) is 5. The minimum atomic E-state index is -0.467. The predicted molar refractivity (Wildman–Crippen MR) is 134 cm³/mol. The molecule has 1 amide bonds. The number of amides is 1. The Morgan fingerprint density at radius 1 is 0.941 bits per heavy atom. The zero-order chi connectivity index (χ0) is 24.8. The molecule has 0 aliphatic carbocycles. The Balaban J connectivity index is 1.69. The number of hydrogen-bond donors (Lipinski definition) is 1. The van der Waals surface area contributed by atoms with Crippen LogP contribution < -0.4 is 16.3 Å². The Morgan fingerprint density at radius 3 is 2.18 bits per heavy atom. The van der Waals surface area contributed by atoms with Gasteiger partial charge >= 0.3 is 7.12 Å². The molecule has 3 aromatic rings. The van der Waals surface area contributed by atoms with Crippen LogP contribution in [0.2, 0.25) is 0 Å². The van der Waals surface area contributed by atoms with Gasteiger partial charge in [-0.05, 0) is 81.4 Å². The Morgan fingerprint density at radius 2 is 1.53 bits per heavy atom. The Bertz CT molecular complexity index is 1310. The fourth-order valence-corrected chi connectivity index (χ4v) is 4.10. The summed E-state index contributed by atoms with van der Waals surface area (Å²) in [7, 11) is 1.05. The van der Waals surface area contributed by atoms with E-state index in [1.165, 1.54) is 19.3 Å². The number of nitrogens with zero attached hydrogens (tertiary/aromatic N) is 2. The monoisotopic (exact) mass is 459 g/mol. The van der Waals surface area contributed by atoms with Gasteiger partial charge in [-0.3, -0.25) is 9.59 Å². The third-order valence-corrected chi connectivity index (χ3v) is 7.01. The second-order valence-electron chi connectivity index (χ2n) is 9.71. The van der Waals surface area contributed by atoms with Gasteiger partial charge in [-0.15, -0.1) is 0 Å². The van der Waals surface area contributed by atoms with E-state index in [2.05, 4.69) is 23.4 Å². The van der Waals surface area contributed by atoms with E-state index in [1.54, 1.807) is 0 Å². The van der Waals surface area contributed by atoms with Crippen molar-refractivity contribution >= 4 is 24.2 Å². The van der Waals surface area contributed by atoms with E-state index in [9.17, 15) is 9.59 Å².